The van der Waals surface area contributed by atoms with Gasteiger partial charge in [-0.2, -0.15) is 0 Å². The van der Waals surface area contributed by atoms with Crippen molar-refractivity contribution < 1.29 is 51.6 Å². The first kappa shape index (κ1) is 65.7. The Kier molecular flexibility index (Phi) is 30.1. The number of phosphoric ester groups is 1. The van der Waals surface area contributed by atoms with Crippen molar-refractivity contribution in [2.24, 2.45) is 46.3 Å². The third-order valence-electron chi connectivity index (χ3n) is 18.7. The number of esters is 3. The van der Waals surface area contributed by atoms with E-state index in [1.165, 1.54) is 160 Å². The Hall–Kier alpha value is -1.78. The van der Waals surface area contributed by atoms with Crippen LogP contribution in [0.1, 0.15) is 266 Å². The van der Waals surface area contributed by atoms with Gasteiger partial charge in [0, 0.05) is 12.8 Å². The highest BCUT2D eigenvalue weighted by Crippen LogP contribution is 2.67. The van der Waals surface area contributed by atoms with Crippen molar-refractivity contribution in [3.05, 3.63) is 11.6 Å². The highest BCUT2D eigenvalue weighted by Gasteiger charge is 2.59. The number of fused-ring (bicyclic) bond motifs is 5. The molecule has 0 saturated heterocycles. The molecule has 0 spiro atoms. The van der Waals surface area contributed by atoms with Crippen LogP contribution in [0.3, 0.4) is 0 Å². The van der Waals surface area contributed by atoms with Crippen molar-refractivity contribution in [2.45, 2.75) is 278 Å². The molecule has 10 atom stereocenters. The summed E-state index contributed by atoms with van der Waals surface area (Å²) >= 11 is 0. The SMILES string of the molecule is CCCCCCCCCCCCCCCCCCCCCCCC(=O)OC(COC(=O)CCC(=O)OC1CC[C@]2(C)C(=CC[C@@H]3[C@H]4CC[C@@H]([C@@H](C)CCCC(C)C)[C@]4(C)CC[C@H]32)C1)COP(=O)(O)OCC[N+](C)(C)C. The maximum absolute atomic E-state index is 13.2. The van der Waals surface area contributed by atoms with E-state index in [0.29, 0.717) is 28.8 Å². The first-order chi connectivity index (χ1) is 35.8. The smallest absolute Gasteiger partial charge is 0.462 e. The average Bonchev–Trinajstić information content (AvgIpc) is 3.71. The summed E-state index contributed by atoms with van der Waals surface area (Å²) in [6.07, 6.45) is 41.1. The van der Waals surface area contributed by atoms with Gasteiger partial charge in [-0.3, -0.25) is 23.4 Å². The lowest BCUT2D eigenvalue weighted by Crippen LogP contribution is -2.51. The van der Waals surface area contributed by atoms with E-state index in [0.717, 1.165) is 74.5 Å². The van der Waals surface area contributed by atoms with Gasteiger partial charge >= 0.3 is 25.7 Å². The molecule has 4 aliphatic rings. The zero-order chi connectivity index (χ0) is 54.7. The predicted octanol–water partition coefficient (Wildman–Crippen LogP) is 16.6. The second kappa shape index (κ2) is 34.4. The van der Waals surface area contributed by atoms with Crippen LogP contribution in [0.5, 0.6) is 0 Å². The minimum absolute atomic E-state index is 0.0102. The highest BCUT2D eigenvalue weighted by molar-refractivity contribution is 7.47. The Morgan fingerprint density at radius 2 is 1.24 bits per heavy atom. The van der Waals surface area contributed by atoms with Crippen LogP contribution in [0.2, 0.25) is 0 Å². The average molecular weight is 1080 g/mol. The third-order valence-corrected chi connectivity index (χ3v) is 19.7. The molecule has 12 heteroatoms. The Bertz CT molecular complexity index is 1710. The van der Waals surface area contributed by atoms with Crippen LogP contribution in [0.15, 0.2) is 11.6 Å². The first-order valence-electron chi connectivity index (χ1n) is 31.4. The predicted molar refractivity (Wildman–Crippen MR) is 305 cm³/mol. The fraction of sp³-hybridized carbons (Fsp3) is 0.921. The summed E-state index contributed by atoms with van der Waals surface area (Å²) in [6.45, 7) is 14.2. The first-order valence-corrected chi connectivity index (χ1v) is 32.9. The molecule has 0 radical (unpaired) electrons. The zero-order valence-corrected chi connectivity index (χ0v) is 50.7. The molecule has 0 amide bonds. The van der Waals surface area contributed by atoms with Gasteiger partial charge in [-0.1, -0.05) is 201 Å². The molecule has 436 valence electrons. The maximum atomic E-state index is 13.2. The van der Waals surface area contributed by atoms with Gasteiger partial charge in [-0.25, -0.2) is 4.57 Å². The number of hydrogen-bond donors (Lipinski definition) is 1. The molecule has 75 heavy (non-hydrogen) atoms. The topological polar surface area (TPSA) is 135 Å². The Labute approximate surface area is 459 Å². The van der Waals surface area contributed by atoms with Crippen LogP contribution < -0.4 is 0 Å². The molecule has 0 aromatic rings. The number of unbranched alkanes of at least 4 members (excludes halogenated alkanes) is 20. The van der Waals surface area contributed by atoms with Crippen molar-refractivity contribution in [3.8, 4) is 0 Å². The van der Waals surface area contributed by atoms with Crippen LogP contribution in [0, 0.1) is 46.3 Å². The van der Waals surface area contributed by atoms with Gasteiger partial charge < -0.3 is 23.6 Å². The molecule has 0 aliphatic heterocycles. The van der Waals surface area contributed by atoms with Gasteiger partial charge in [0.1, 0.15) is 25.9 Å². The Balaban J connectivity index is 1.12. The summed E-state index contributed by atoms with van der Waals surface area (Å²) in [7, 11) is 1.35. The van der Waals surface area contributed by atoms with Crippen LogP contribution >= 0.6 is 7.82 Å². The van der Waals surface area contributed by atoms with Gasteiger partial charge in [-0.05, 0) is 97.7 Å². The standard InChI is InChI=1S/C63H114NO10P/c1-10-11-12-13-14-15-16-17-18-19-20-21-22-23-24-25-26-27-28-29-30-34-60(66)74-54(49-72-75(68,69)71-46-45-64(7,8)9)48-70-59(65)39-40-61(67)73-53-41-43-62(5)52(47-53)35-36-55-57-38-37-56(51(4)33-31-32-50(2)3)63(57,6)44-42-58(55)62/h35,50-51,53-58H,10-34,36-49H2,1-9H3/p+1/t51-,53?,54?,55+,56-,57+,58+,62+,63-/m0/s1. The van der Waals surface area contributed by atoms with Crippen molar-refractivity contribution in [3.63, 3.8) is 0 Å². The quantitative estimate of drug-likeness (QED) is 0.0157. The minimum atomic E-state index is -4.47. The number of phosphoric acid groups is 1. The van der Waals surface area contributed by atoms with Crippen molar-refractivity contribution in [1.82, 2.24) is 0 Å². The monoisotopic (exact) mass is 1080 g/mol. The van der Waals surface area contributed by atoms with Crippen LogP contribution in [-0.4, -0.2) is 87.0 Å². The molecule has 11 nitrogen and oxygen atoms in total. The van der Waals surface area contributed by atoms with E-state index >= 15 is 0 Å². The Morgan fingerprint density at radius 3 is 1.81 bits per heavy atom. The van der Waals surface area contributed by atoms with Gasteiger partial charge in [-0.15, -0.1) is 0 Å². The third kappa shape index (κ3) is 24.2. The van der Waals surface area contributed by atoms with Gasteiger partial charge in [0.25, 0.3) is 0 Å². The normalized spacial score (nSPS) is 26.1. The molecule has 1 N–H and O–H groups in total. The number of quaternary nitrogens is 1. The van der Waals surface area contributed by atoms with E-state index in [9.17, 15) is 23.8 Å². The number of rotatable bonds is 41. The molecular weight excluding hydrogens is 962 g/mol. The van der Waals surface area contributed by atoms with E-state index < -0.39 is 38.4 Å². The lowest BCUT2D eigenvalue weighted by molar-refractivity contribution is -0.870. The zero-order valence-electron chi connectivity index (χ0n) is 49.8. The van der Waals surface area contributed by atoms with Crippen molar-refractivity contribution in [1.29, 1.82) is 0 Å². The Morgan fingerprint density at radius 1 is 0.667 bits per heavy atom. The molecule has 0 aromatic carbocycles. The number of allylic oxidation sites excluding steroid dienone is 1. The minimum Gasteiger partial charge on any atom is -0.462 e. The summed E-state index contributed by atoms with van der Waals surface area (Å²) in [5.74, 6) is 3.07. The van der Waals surface area contributed by atoms with E-state index in [-0.39, 0.29) is 44.0 Å². The number of nitrogens with zero attached hydrogens (tertiary/aromatic N) is 1. The summed E-state index contributed by atoms with van der Waals surface area (Å²) in [6, 6.07) is 0. The molecule has 3 unspecified atom stereocenters. The number of carbonyl (C=O) groups excluding carboxylic acids is 3. The van der Waals surface area contributed by atoms with E-state index in [4.69, 9.17) is 23.3 Å². The van der Waals surface area contributed by atoms with Crippen LogP contribution in [0.25, 0.3) is 0 Å². The van der Waals surface area contributed by atoms with E-state index in [1.54, 1.807) is 0 Å². The largest absolute Gasteiger partial charge is 0.472 e. The van der Waals surface area contributed by atoms with Crippen molar-refractivity contribution >= 4 is 25.7 Å². The number of ether oxygens (including phenoxy) is 3. The molecule has 0 bridgehead atoms. The second-order valence-electron chi connectivity index (χ2n) is 26.4. The fourth-order valence-electron chi connectivity index (χ4n) is 14.2. The van der Waals surface area contributed by atoms with Crippen molar-refractivity contribution in [2.75, 3.05) is 47.5 Å². The van der Waals surface area contributed by atoms with Gasteiger partial charge in [0.05, 0.1) is 40.6 Å². The van der Waals surface area contributed by atoms with E-state index in [1.807, 2.05) is 21.1 Å². The molecule has 0 heterocycles. The summed E-state index contributed by atoms with van der Waals surface area (Å²) in [5.41, 5.74) is 2.05. The van der Waals surface area contributed by atoms with E-state index in [2.05, 4.69) is 47.6 Å². The van der Waals surface area contributed by atoms with Crippen LogP contribution in [-0.2, 0) is 42.2 Å². The molecule has 4 aliphatic carbocycles. The summed E-state index contributed by atoms with van der Waals surface area (Å²) in [4.78, 5) is 49.5. The molecule has 0 aromatic heterocycles. The summed E-state index contributed by atoms with van der Waals surface area (Å²) < 4.78 is 40.8. The summed E-state index contributed by atoms with van der Waals surface area (Å²) in [5, 5.41) is 0. The highest BCUT2D eigenvalue weighted by atomic mass is 31.2. The fourth-order valence-corrected chi connectivity index (χ4v) is 14.9. The lowest BCUT2D eigenvalue weighted by atomic mass is 9.47. The van der Waals surface area contributed by atoms with Gasteiger partial charge in [0.2, 0.25) is 0 Å². The molecule has 3 fully saturated rings. The van der Waals surface area contributed by atoms with Gasteiger partial charge in [0.15, 0.2) is 6.10 Å². The number of hydrogen-bond acceptors (Lipinski definition) is 9. The molecular formula is C63H115NO10P+. The lowest BCUT2D eigenvalue weighted by Gasteiger charge is -2.58. The second-order valence-corrected chi connectivity index (χ2v) is 27.8. The van der Waals surface area contributed by atoms with Crippen LogP contribution in [0.4, 0.5) is 0 Å². The maximum Gasteiger partial charge on any atom is 0.472 e. The molecule has 3 saturated carbocycles. The number of carbonyl (C=O) groups is 3. The number of likely N-dealkylation sites (N-methyl/N-ethyl adjacent to an activating group) is 1. The molecule has 4 rings (SSSR count).